The molecule has 0 heterocycles. The summed E-state index contributed by atoms with van der Waals surface area (Å²) in [6.45, 7) is 0. The molecule has 0 atom stereocenters. The van der Waals surface area contributed by atoms with Crippen molar-refractivity contribution in [2.24, 2.45) is 0 Å². The zero-order valence-corrected chi connectivity index (χ0v) is 4.80. The van der Waals surface area contributed by atoms with Gasteiger partial charge in [0.2, 0.25) is 0 Å². The molecule has 0 aliphatic carbocycles. The minimum absolute atomic E-state index is 3.57. The molecule has 0 aromatic carbocycles. The van der Waals surface area contributed by atoms with Crippen LogP contribution in [-0.4, -0.2) is 9.79 Å². The molecule has 0 spiro atoms. The second kappa shape index (κ2) is 1.88. The van der Waals surface area contributed by atoms with Gasteiger partial charge in [-0.3, -0.25) is 0 Å². The van der Waals surface area contributed by atoms with E-state index >= 15 is 0 Å². The maximum atomic E-state index is 9.43. The molecule has 0 aliphatic rings. The number of rotatable bonds is 1. The SMILES string of the molecule is O=P(=O)P(=O)(O)O. The zero-order chi connectivity index (χ0) is 6.08. The van der Waals surface area contributed by atoms with Gasteiger partial charge in [-0.1, -0.05) is 0 Å². The van der Waals surface area contributed by atoms with E-state index < -0.39 is 14.7 Å². The molecule has 0 amide bonds. The Morgan fingerprint density at radius 3 is 1.43 bits per heavy atom. The van der Waals surface area contributed by atoms with E-state index in [9.17, 15) is 13.7 Å². The van der Waals surface area contributed by atoms with Crippen LogP contribution in [0.3, 0.4) is 0 Å². The highest BCUT2D eigenvalue weighted by atomic mass is 32.1. The van der Waals surface area contributed by atoms with Crippen molar-refractivity contribution >= 4 is 14.7 Å². The van der Waals surface area contributed by atoms with Gasteiger partial charge >= 0.3 is 14.7 Å². The van der Waals surface area contributed by atoms with Crippen molar-refractivity contribution < 1.29 is 23.5 Å². The minimum atomic E-state index is -4.78. The van der Waals surface area contributed by atoms with Gasteiger partial charge in [-0.15, -0.1) is 0 Å². The molecule has 5 nitrogen and oxygen atoms in total. The van der Waals surface area contributed by atoms with E-state index in [0.29, 0.717) is 0 Å². The van der Waals surface area contributed by atoms with E-state index in [4.69, 9.17) is 9.79 Å². The Kier molecular flexibility index (Phi) is 1.90. The predicted molar refractivity (Wildman–Crippen MR) is 20.3 cm³/mol. The molecule has 0 saturated carbocycles. The van der Waals surface area contributed by atoms with E-state index in [1.165, 1.54) is 0 Å². The number of hydrogen-bond acceptors (Lipinski definition) is 3. The summed E-state index contributed by atoms with van der Waals surface area (Å²) in [5.41, 5.74) is 0. The highest BCUT2D eigenvalue weighted by Gasteiger charge is 2.19. The highest BCUT2D eigenvalue weighted by molar-refractivity contribution is 8.16. The van der Waals surface area contributed by atoms with Gasteiger partial charge in [-0.25, -0.2) is 13.7 Å². The lowest BCUT2D eigenvalue weighted by Crippen LogP contribution is -1.59. The standard InChI is InChI=1S/H2O5P2/c1-6(2)7(3,4)5/h(H2,3,4,5). The summed E-state index contributed by atoms with van der Waals surface area (Å²) in [7, 11) is -8.36. The lowest BCUT2D eigenvalue weighted by Gasteiger charge is -1.82. The third-order valence-electron chi connectivity index (χ3n) is 0.213. The molecule has 0 radical (unpaired) electrons. The normalized spacial score (nSPS) is 11.1. The van der Waals surface area contributed by atoms with Gasteiger partial charge in [0.05, 0.1) is 0 Å². The Bertz CT molecular complexity index is 149. The van der Waals surface area contributed by atoms with E-state index in [-0.39, 0.29) is 0 Å². The van der Waals surface area contributed by atoms with Gasteiger partial charge in [-0.2, -0.15) is 0 Å². The fourth-order valence-corrected chi connectivity index (χ4v) is 0. The maximum absolute atomic E-state index is 9.43. The molecule has 0 unspecified atom stereocenters. The van der Waals surface area contributed by atoms with Crippen LogP contribution < -0.4 is 0 Å². The van der Waals surface area contributed by atoms with Gasteiger partial charge in [0, 0.05) is 0 Å². The van der Waals surface area contributed by atoms with Crippen LogP contribution in [0.4, 0.5) is 0 Å². The lowest BCUT2D eigenvalue weighted by molar-refractivity contribution is 0.387. The van der Waals surface area contributed by atoms with Crippen molar-refractivity contribution in [1.29, 1.82) is 0 Å². The summed E-state index contributed by atoms with van der Waals surface area (Å²) in [6.07, 6.45) is 0. The topological polar surface area (TPSA) is 91.7 Å². The molecule has 0 rings (SSSR count). The van der Waals surface area contributed by atoms with Crippen molar-refractivity contribution in [3.8, 4) is 0 Å². The largest absolute Gasteiger partial charge is 0.446 e. The minimum Gasteiger partial charge on any atom is -0.314 e. The molecule has 42 valence electrons. The van der Waals surface area contributed by atoms with Crippen molar-refractivity contribution in [3.05, 3.63) is 0 Å². The zero-order valence-electron chi connectivity index (χ0n) is 3.01. The first-order valence-electron chi connectivity index (χ1n) is 1.15. The number of hydrogen-bond donors (Lipinski definition) is 2. The third kappa shape index (κ3) is 2.71. The first-order valence-corrected chi connectivity index (χ1v) is 4.64. The summed E-state index contributed by atoms with van der Waals surface area (Å²) in [4.78, 5) is 15.2. The van der Waals surface area contributed by atoms with Crippen LogP contribution in [0.5, 0.6) is 0 Å². The molecule has 0 aromatic rings. The van der Waals surface area contributed by atoms with Crippen LogP contribution in [0.2, 0.25) is 0 Å². The average Bonchev–Trinajstić information content (AvgIpc) is 1.31. The summed E-state index contributed by atoms with van der Waals surface area (Å²) in [5.74, 6) is 0. The molecule has 0 bridgehead atoms. The quantitative estimate of drug-likeness (QED) is 0.514. The molecule has 0 saturated heterocycles. The first kappa shape index (κ1) is 7.05. The van der Waals surface area contributed by atoms with Crippen LogP contribution in [0.1, 0.15) is 0 Å². The van der Waals surface area contributed by atoms with E-state index in [0.717, 1.165) is 0 Å². The summed E-state index contributed by atoms with van der Waals surface area (Å²) in [6, 6.07) is 0. The molecule has 2 N–H and O–H groups in total. The van der Waals surface area contributed by atoms with Gasteiger partial charge in [0.15, 0.2) is 0 Å². The monoisotopic (exact) mass is 144 g/mol. The fraction of sp³-hybridized carbons (Fsp3) is 0. The third-order valence-corrected chi connectivity index (χ3v) is 1.91. The van der Waals surface area contributed by atoms with E-state index in [1.54, 1.807) is 0 Å². The molecule has 0 aliphatic heterocycles. The van der Waals surface area contributed by atoms with Crippen LogP contribution in [0.25, 0.3) is 0 Å². The van der Waals surface area contributed by atoms with Gasteiger partial charge in [0.1, 0.15) is 0 Å². The molecule has 0 aromatic heterocycles. The molecule has 7 heavy (non-hydrogen) atoms. The van der Waals surface area contributed by atoms with Crippen molar-refractivity contribution in [2.45, 2.75) is 0 Å². The second-order valence-electron chi connectivity index (χ2n) is 0.751. The predicted octanol–water partition coefficient (Wildman–Crippen LogP) is 0.252. The van der Waals surface area contributed by atoms with Crippen molar-refractivity contribution in [2.75, 3.05) is 0 Å². The van der Waals surface area contributed by atoms with Crippen LogP contribution in [0, 0.1) is 0 Å². The smallest absolute Gasteiger partial charge is 0.314 e. The van der Waals surface area contributed by atoms with Crippen LogP contribution in [-0.2, 0) is 13.7 Å². The lowest BCUT2D eigenvalue weighted by atomic mass is 15.8. The summed E-state index contributed by atoms with van der Waals surface area (Å²) >= 11 is 0. The van der Waals surface area contributed by atoms with Crippen LogP contribution >= 0.6 is 14.7 Å². The van der Waals surface area contributed by atoms with Crippen molar-refractivity contribution in [3.63, 3.8) is 0 Å². The maximum Gasteiger partial charge on any atom is 0.446 e. The first-order chi connectivity index (χ1) is 2.94. The Hall–Kier alpha value is 0.0500. The fourth-order valence-electron chi connectivity index (χ4n) is 0. The Labute approximate surface area is 39.2 Å². The van der Waals surface area contributed by atoms with Gasteiger partial charge in [0.25, 0.3) is 0 Å². The summed E-state index contributed by atoms with van der Waals surface area (Å²) < 4.78 is 28.0. The van der Waals surface area contributed by atoms with Gasteiger partial charge < -0.3 is 9.79 Å². The Balaban J connectivity index is 4.42. The van der Waals surface area contributed by atoms with E-state index in [1.807, 2.05) is 0 Å². The second-order valence-corrected chi connectivity index (χ2v) is 4.80. The summed E-state index contributed by atoms with van der Waals surface area (Å²) in [5, 5.41) is 0. The van der Waals surface area contributed by atoms with Gasteiger partial charge in [-0.05, 0) is 0 Å². The molecule has 0 fully saturated rings. The molecule has 7 heteroatoms. The average molecular weight is 144 g/mol. The Morgan fingerprint density at radius 2 is 1.43 bits per heavy atom. The van der Waals surface area contributed by atoms with Crippen molar-refractivity contribution in [1.82, 2.24) is 0 Å². The van der Waals surface area contributed by atoms with Crippen LogP contribution in [0.15, 0.2) is 0 Å². The highest BCUT2D eigenvalue weighted by Crippen LogP contribution is 2.53. The Morgan fingerprint density at radius 1 is 1.29 bits per heavy atom. The molecular formula is H2O5P2. The van der Waals surface area contributed by atoms with E-state index in [2.05, 4.69) is 0 Å². The molecular weight excluding hydrogens is 142 g/mol.